The van der Waals surface area contributed by atoms with Crippen LogP contribution in [0.25, 0.3) is 0 Å². The second kappa shape index (κ2) is 7.93. The third-order valence-electron chi connectivity index (χ3n) is 3.35. The summed E-state index contributed by atoms with van der Waals surface area (Å²) in [5.41, 5.74) is 1.28. The topological polar surface area (TPSA) is 9.23 Å². The molecule has 0 radical (unpaired) electrons. The molecule has 2 aliphatic carbocycles. The van der Waals surface area contributed by atoms with E-state index in [4.69, 9.17) is 2.81 Å². The minimum atomic E-state index is -2.05. The maximum atomic E-state index is 6.38. The summed E-state index contributed by atoms with van der Waals surface area (Å²) in [6.45, 7) is 0.754. The summed E-state index contributed by atoms with van der Waals surface area (Å²) in [6, 6.07) is 10.5. The van der Waals surface area contributed by atoms with E-state index in [0.29, 0.717) is 0 Å². The molecule has 0 aliphatic heterocycles. The van der Waals surface area contributed by atoms with Crippen molar-refractivity contribution in [1.82, 2.24) is 0 Å². The Morgan fingerprint density at radius 3 is 2.00 bits per heavy atom. The summed E-state index contributed by atoms with van der Waals surface area (Å²) in [5.74, 6) is 0. The van der Waals surface area contributed by atoms with E-state index in [9.17, 15) is 0 Å². The summed E-state index contributed by atoms with van der Waals surface area (Å²) >= 11 is -2.05. The maximum absolute atomic E-state index is 6.38. The van der Waals surface area contributed by atoms with Crippen molar-refractivity contribution in [2.75, 3.05) is 0 Å². The second-order valence-electron chi connectivity index (χ2n) is 4.75. The number of rotatable bonds is 5. The monoisotopic (exact) mass is 363 g/mol. The van der Waals surface area contributed by atoms with E-state index in [-0.39, 0.29) is 12.4 Å². The fourth-order valence-electron chi connectivity index (χ4n) is 2.35. The van der Waals surface area contributed by atoms with Crippen LogP contribution in [0, 0.1) is 0 Å². The van der Waals surface area contributed by atoms with Crippen molar-refractivity contribution in [2.24, 2.45) is 0 Å². The molecule has 0 heterocycles. The third kappa shape index (κ3) is 3.91. The zero-order chi connectivity index (χ0) is 12.9. The van der Waals surface area contributed by atoms with Crippen molar-refractivity contribution in [3.8, 4) is 0 Å². The Bertz CT molecular complexity index is 528. The van der Waals surface area contributed by atoms with E-state index < -0.39 is 22.2 Å². The summed E-state index contributed by atoms with van der Waals surface area (Å²) in [7, 11) is 0. The summed E-state index contributed by atoms with van der Waals surface area (Å²) in [6.07, 6.45) is 15.6. The van der Waals surface area contributed by atoms with Crippen LogP contribution in [0.3, 0.4) is 0 Å². The van der Waals surface area contributed by atoms with Crippen molar-refractivity contribution in [3.63, 3.8) is 0 Å². The summed E-state index contributed by atoms with van der Waals surface area (Å²) in [5, 5.41) is 0. The summed E-state index contributed by atoms with van der Waals surface area (Å²) < 4.78 is 9.50. The van der Waals surface area contributed by atoms with Crippen LogP contribution in [0.15, 0.2) is 73.3 Å². The first kappa shape index (κ1) is 15.7. The molecule has 1 aromatic rings. The average Bonchev–Trinajstić information content (AvgIpc) is 3.13. The van der Waals surface area contributed by atoms with E-state index in [0.717, 1.165) is 19.4 Å². The van der Waals surface area contributed by atoms with Crippen LogP contribution >= 0.6 is 12.4 Å². The molecule has 0 amide bonds. The van der Waals surface area contributed by atoms with Crippen LogP contribution in [-0.2, 0) is 31.6 Å². The maximum Gasteiger partial charge on any atom is -0.147 e. The largest absolute Gasteiger partial charge is 0.147 e. The van der Waals surface area contributed by atoms with Crippen LogP contribution in [0.1, 0.15) is 18.4 Å². The van der Waals surface area contributed by atoms with Gasteiger partial charge in [-0.3, -0.25) is 0 Å². The molecule has 0 N–H and O–H groups in total. The van der Waals surface area contributed by atoms with E-state index in [1.807, 2.05) is 0 Å². The van der Waals surface area contributed by atoms with Gasteiger partial charge in [0, 0.05) is 0 Å². The van der Waals surface area contributed by atoms with Gasteiger partial charge in [0.2, 0.25) is 0 Å². The van der Waals surface area contributed by atoms with Crippen LogP contribution in [-0.4, -0.2) is 0 Å². The number of hydrogen-bond acceptors (Lipinski definition) is 1. The first-order valence-corrected chi connectivity index (χ1v) is 10.2. The van der Waals surface area contributed by atoms with Gasteiger partial charge >= 0.3 is 123 Å². The number of halogens is 1. The molecule has 0 saturated heterocycles. The Morgan fingerprint density at radius 1 is 0.900 bits per heavy atom. The molecule has 2 aliphatic rings. The van der Waals surface area contributed by atoms with E-state index in [1.165, 1.54) is 5.56 Å². The van der Waals surface area contributed by atoms with Crippen LogP contribution in [0.2, 0.25) is 0 Å². The Labute approximate surface area is 135 Å². The van der Waals surface area contributed by atoms with Gasteiger partial charge in [-0.05, 0) is 0 Å². The molecule has 0 saturated carbocycles. The molecule has 0 bridgehead atoms. The van der Waals surface area contributed by atoms with Gasteiger partial charge in [0.25, 0.3) is 0 Å². The second-order valence-corrected chi connectivity index (χ2v) is 10.2. The Hall–Kier alpha value is -0.687. The van der Waals surface area contributed by atoms with Gasteiger partial charge in [-0.2, -0.15) is 0 Å². The quantitative estimate of drug-likeness (QED) is 0.725. The van der Waals surface area contributed by atoms with E-state index >= 15 is 0 Å². The standard InChI is InChI=1S/C7H7O.2C5H5.ClH.Zr/c8-6-7-4-2-1-3-5-7;2*1-2-4-5-3-1;;/h1-5H,6H2;2*1-3H,4H2;1H;/q-1;;;;+1. The molecule has 20 heavy (non-hydrogen) atoms. The zero-order valence-corrected chi connectivity index (χ0v) is 14.6. The van der Waals surface area contributed by atoms with Crippen LogP contribution in [0.5, 0.6) is 0 Å². The fourth-order valence-corrected chi connectivity index (χ4v) is 7.75. The minimum Gasteiger partial charge on any atom is -0.147 e. The number of allylic oxidation sites excluding steroid dienone is 8. The average molecular weight is 365 g/mol. The van der Waals surface area contributed by atoms with Crippen molar-refractivity contribution in [1.29, 1.82) is 0 Å². The van der Waals surface area contributed by atoms with E-state index in [2.05, 4.69) is 66.8 Å². The third-order valence-corrected chi connectivity index (χ3v) is 9.11. The number of benzene rings is 1. The fraction of sp³-hybridized carbons (Fsp3) is 0.176. The molecule has 1 nitrogen and oxygen atoms in total. The van der Waals surface area contributed by atoms with Crippen molar-refractivity contribution >= 4 is 12.4 Å². The molecule has 1 aromatic carbocycles. The first-order valence-electron chi connectivity index (χ1n) is 6.69. The molecule has 0 aromatic heterocycles. The molecule has 0 fully saturated rings. The molecule has 3 heteroatoms. The van der Waals surface area contributed by atoms with Gasteiger partial charge < -0.3 is 0 Å². The molecule has 0 unspecified atom stereocenters. The molecular weight excluding hydrogens is 347 g/mol. The Balaban J connectivity index is 0.00000147. The van der Waals surface area contributed by atoms with Gasteiger partial charge in [-0.25, -0.2) is 0 Å². The normalized spacial score (nSPS) is 15.8. The van der Waals surface area contributed by atoms with Crippen LogP contribution in [0.4, 0.5) is 0 Å². The van der Waals surface area contributed by atoms with Crippen LogP contribution < -0.4 is 0 Å². The molecular formula is C17H18ClOZr. The SMILES string of the molecule is C1=CC[C]([Zr]([O]Cc2ccccc2)[C]2=CC=CC2)=C1.Cl. The predicted molar refractivity (Wildman–Crippen MR) is 82.2 cm³/mol. The number of hydrogen-bond donors (Lipinski definition) is 0. The Kier molecular flexibility index (Phi) is 6.22. The Morgan fingerprint density at radius 2 is 1.50 bits per heavy atom. The first-order chi connectivity index (χ1) is 9.43. The van der Waals surface area contributed by atoms with Gasteiger partial charge in [-0.15, -0.1) is 12.4 Å². The van der Waals surface area contributed by atoms with Crippen molar-refractivity contribution < 1.29 is 25.0 Å². The molecule has 3 rings (SSSR count). The van der Waals surface area contributed by atoms with Gasteiger partial charge in [0.1, 0.15) is 0 Å². The molecule has 0 atom stereocenters. The minimum absolute atomic E-state index is 0. The van der Waals surface area contributed by atoms with Gasteiger partial charge in [-0.1, -0.05) is 0 Å². The zero-order valence-electron chi connectivity index (χ0n) is 11.3. The molecule has 103 valence electrons. The predicted octanol–water partition coefficient (Wildman–Crippen LogP) is 4.85. The molecule has 0 spiro atoms. The smallest absolute Gasteiger partial charge is 0.147 e. The van der Waals surface area contributed by atoms with Gasteiger partial charge in [0.05, 0.1) is 0 Å². The van der Waals surface area contributed by atoms with E-state index in [1.54, 1.807) is 6.56 Å². The van der Waals surface area contributed by atoms with Crippen molar-refractivity contribution in [3.05, 3.63) is 78.9 Å². The summed E-state index contributed by atoms with van der Waals surface area (Å²) in [4.78, 5) is 0. The van der Waals surface area contributed by atoms with Gasteiger partial charge in [0.15, 0.2) is 0 Å². The van der Waals surface area contributed by atoms with Crippen molar-refractivity contribution in [2.45, 2.75) is 19.4 Å².